The molecule has 1 fully saturated rings. The second kappa shape index (κ2) is 6.30. The lowest BCUT2D eigenvalue weighted by molar-refractivity contribution is -0.127. The van der Waals surface area contributed by atoms with E-state index >= 15 is 0 Å². The van der Waals surface area contributed by atoms with Crippen LogP contribution in [-0.4, -0.2) is 38.7 Å². The average molecular weight is 298 g/mol. The van der Waals surface area contributed by atoms with E-state index in [1.807, 2.05) is 28.0 Å². The van der Waals surface area contributed by atoms with Gasteiger partial charge in [-0.05, 0) is 49.4 Å². The second-order valence-electron chi connectivity index (χ2n) is 5.91. The van der Waals surface area contributed by atoms with E-state index in [-0.39, 0.29) is 5.91 Å². The molecule has 3 rings (SSSR count). The SMILES string of the molecule is CCn1nccc1-c1cc(C[C@H]2CCN(C(C)=O)C2)ccn1. The second-order valence-corrected chi connectivity index (χ2v) is 5.91. The van der Waals surface area contributed by atoms with Crippen LogP contribution in [-0.2, 0) is 17.8 Å². The molecule has 0 radical (unpaired) electrons. The Morgan fingerprint density at radius 3 is 2.95 bits per heavy atom. The molecule has 1 aliphatic heterocycles. The van der Waals surface area contributed by atoms with Gasteiger partial charge < -0.3 is 4.90 Å². The Labute approximate surface area is 131 Å². The van der Waals surface area contributed by atoms with Crippen molar-refractivity contribution in [3.05, 3.63) is 36.2 Å². The van der Waals surface area contributed by atoms with Crippen LogP contribution in [0.5, 0.6) is 0 Å². The molecule has 0 bridgehead atoms. The number of aromatic nitrogens is 3. The molecule has 2 aromatic heterocycles. The van der Waals surface area contributed by atoms with Gasteiger partial charge in [0.25, 0.3) is 0 Å². The minimum Gasteiger partial charge on any atom is -0.343 e. The molecule has 0 aliphatic carbocycles. The van der Waals surface area contributed by atoms with Crippen molar-refractivity contribution in [3.8, 4) is 11.4 Å². The lowest BCUT2D eigenvalue weighted by Gasteiger charge is -2.14. The minimum absolute atomic E-state index is 0.185. The molecule has 0 unspecified atom stereocenters. The van der Waals surface area contributed by atoms with Gasteiger partial charge in [-0.1, -0.05) is 0 Å². The van der Waals surface area contributed by atoms with Gasteiger partial charge in [0.05, 0.1) is 11.4 Å². The fourth-order valence-electron chi connectivity index (χ4n) is 3.16. The number of hydrogen-bond acceptors (Lipinski definition) is 3. The van der Waals surface area contributed by atoms with Crippen molar-refractivity contribution in [3.63, 3.8) is 0 Å². The Kier molecular flexibility index (Phi) is 4.22. The molecule has 0 aromatic carbocycles. The van der Waals surface area contributed by atoms with Gasteiger partial charge in [0.15, 0.2) is 0 Å². The van der Waals surface area contributed by atoms with Crippen LogP contribution >= 0.6 is 0 Å². The summed E-state index contributed by atoms with van der Waals surface area (Å²) in [6, 6.07) is 6.23. The van der Waals surface area contributed by atoms with Crippen LogP contribution in [0, 0.1) is 5.92 Å². The Hall–Kier alpha value is -2.17. The smallest absolute Gasteiger partial charge is 0.219 e. The first-order chi connectivity index (χ1) is 10.7. The highest BCUT2D eigenvalue weighted by Gasteiger charge is 2.24. The zero-order valence-corrected chi connectivity index (χ0v) is 13.2. The van der Waals surface area contributed by atoms with Crippen molar-refractivity contribution in [2.24, 2.45) is 5.92 Å². The summed E-state index contributed by atoms with van der Waals surface area (Å²) < 4.78 is 1.96. The van der Waals surface area contributed by atoms with Crippen LogP contribution in [0.4, 0.5) is 0 Å². The van der Waals surface area contributed by atoms with Gasteiger partial charge in [-0.3, -0.25) is 14.5 Å². The molecular weight excluding hydrogens is 276 g/mol. The van der Waals surface area contributed by atoms with Gasteiger partial charge in [0.2, 0.25) is 5.91 Å². The summed E-state index contributed by atoms with van der Waals surface area (Å²) in [6.07, 6.45) is 5.77. The molecule has 5 heteroatoms. The fourth-order valence-corrected chi connectivity index (χ4v) is 3.16. The van der Waals surface area contributed by atoms with Crippen LogP contribution in [0.15, 0.2) is 30.6 Å². The molecule has 1 amide bonds. The van der Waals surface area contributed by atoms with E-state index in [4.69, 9.17) is 0 Å². The lowest BCUT2D eigenvalue weighted by Crippen LogP contribution is -2.26. The highest BCUT2D eigenvalue weighted by Crippen LogP contribution is 2.23. The molecule has 5 nitrogen and oxygen atoms in total. The van der Waals surface area contributed by atoms with E-state index in [0.717, 1.165) is 43.9 Å². The minimum atomic E-state index is 0.185. The van der Waals surface area contributed by atoms with Crippen LogP contribution in [0.3, 0.4) is 0 Å². The van der Waals surface area contributed by atoms with Crippen molar-refractivity contribution < 1.29 is 4.79 Å². The molecule has 1 aliphatic rings. The van der Waals surface area contributed by atoms with Crippen molar-refractivity contribution in [2.75, 3.05) is 13.1 Å². The van der Waals surface area contributed by atoms with Gasteiger partial charge in [0.1, 0.15) is 0 Å². The van der Waals surface area contributed by atoms with E-state index in [0.29, 0.717) is 5.92 Å². The fraction of sp³-hybridized carbons (Fsp3) is 0.471. The van der Waals surface area contributed by atoms with Gasteiger partial charge in [-0.15, -0.1) is 0 Å². The van der Waals surface area contributed by atoms with E-state index in [1.54, 1.807) is 6.92 Å². The van der Waals surface area contributed by atoms with Crippen LogP contribution < -0.4 is 0 Å². The summed E-state index contributed by atoms with van der Waals surface area (Å²) in [4.78, 5) is 17.9. The largest absolute Gasteiger partial charge is 0.343 e. The quantitative estimate of drug-likeness (QED) is 0.871. The maximum Gasteiger partial charge on any atom is 0.219 e. The van der Waals surface area contributed by atoms with Crippen LogP contribution in [0.1, 0.15) is 25.8 Å². The first-order valence-corrected chi connectivity index (χ1v) is 7.90. The lowest BCUT2D eigenvalue weighted by atomic mass is 9.98. The number of carbonyl (C=O) groups is 1. The molecule has 3 heterocycles. The molecule has 2 aromatic rings. The number of nitrogens with zero attached hydrogens (tertiary/aromatic N) is 4. The molecule has 116 valence electrons. The van der Waals surface area contributed by atoms with Crippen molar-refractivity contribution >= 4 is 5.91 Å². The third-order valence-corrected chi connectivity index (χ3v) is 4.36. The molecule has 22 heavy (non-hydrogen) atoms. The third kappa shape index (κ3) is 3.03. The zero-order valence-electron chi connectivity index (χ0n) is 13.2. The molecule has 0 spiro atoms. The van der Waals surface area contributed by atoms with E-state index < -0.39 is 0 Å². The molecule has 1 saturated heterocycles. The Balaban J connectivity index is 1.74. The molecule has 0 saturated carbocycles. The highest BCUT2D eigenvalue weighted by molar-refractivity contribution is 5.73. The summed E-state index contributed by atoms with van der Waals surface area (Å²) in [5.74, 6) is 0.736. The summed E-state index contributed by atoms with van der Waals surface area (Å²) in [5, 5.41) is 4.31. The van der Waals surface area contributed by atoms with Crippen molar-refractivity contribution in [2.45, 2.75) is 33.2 Å². The summed E-state index contributed by atoms with van der Waals surface area (Å²) in [7, 11) is 0. The van der Waals surface area contributed by atoms with Crippen LogP contribution in [0.2, 0.25) is 0 Å². The van der Waals surface area contributed by atoms with E-state index in [1.165, 1.54) is 5.56 Å². The van der Waals surface area contributed by atoms with Crippen molar-refractivity contribution in [1.29, 1.82) is 0 Å². The zero-order chi connectivity index (χ0) is 15.5. The number of amides is 1. The molecule has 0 N–H and O–H groups in total. The predicted molar refractivity (Wildman–Crippen MR) is 85.2 cm³/mol. The summed E-state index contributed by atoms with van der Waals surface area (Å²) in [5.41, 5.74) is 3.31. The average Bonchev–Trinajstić information content (AvgIpc) is 3.16. The van der Waals surface area contributed by atoms with E-state index in [2.05, 4.69) is 29.1 Å². The third-order valence-electron chi connectivity index (χ3n) is 4.36. The Morgan fingerprint density at radius 2 is 2.23 bits per heavy atom. The molecular formula is C17H22N4O. The normalized spacial score (nSPS) is 17.9. The molecule has 1 atom stereocenters. The standard InChI is InChI=1S/C17H22N4O/c1-3-21-17(5-8-19-21)16-11-14(4-7-18-16)10-15-6-9-20(12-15)13(2)22/h4-5,7-8,11,15H,3,6,9-10,12H2,1-2H3/t15-/m1/s1. The Bertz CT molecular complexity index is 664. The predicted octanol–water partition coefficient (Wildman–Crippen LogP) is 2.38. The van der Waals surface area contributed by atoms with Gasteiger partial charge in [-0.2, -0.15) is 5.10 Å². The number of carbonyl (C=O) groups excluding carboxylic acids is 1. The van der Waals surface area contributed by atoms with Gasteiger partial charge in [0, 0.05) is 39.0 Å². The Morgan fingerprint density at radius 1 is 1.36 bits per heavy atom. The maximum absolute atomic E-state index is 11.4. The number of pyridine rings is 1. The first-order valence-electron chi connectivity index (χ1n) is 7.90. The van der Waals surface area contributed by atoms with Crippen LogP contribution in [0.25, 0.3) is 11.4 Å². The topological polar surface area (TPSA) is 51.0 Å². The number of rotatable bonds is 4. The van der Waals surface area contributed by atoms with Gasteiger partial charge in [-0.25, -0.2) is 0 Å². The van der Waals surface area contributed by atoms with E-state index in [9.17, 15) is 4.79 Å². The van der Waals surface area contributed by atoms with Gasteiger partial charge >= 0.3 is 0 Å². The highest BCUT2D eigenvalue weighted by atomic mass is 16.2. The summed E-state index contributed by atoms with van der Waals surface area (Å²) >= 11 is 0. The number of hydrogen-bond donors (Lipinski definition) is 0. The number of aryl methyl sites for hydroxylation is 1. The monoisotopic (exact) mass is 298 g/mol. The first kappa shape index (κ1) is 14.8. The number of likely N-dealkylation sites (tertiary alicyclic amines) is 1. The summed E-state index contributed by atoms with van der Waals surface area (Å²) in [6.45, 7) is 6.33. The maximum atomic E-state index is 11.4. The van der Waals surface area contributed by atoms with Crippen molar-refractivity contribution in [1.82, 2.24) is 19.7 Å².